The molecule has 1 aromatic carbocycles. The van der Waals surface area contributed by atoms with E-state index in [1.807, 2.05) is 0 Å². The van der Waals surface area contributed by atoms with Gasteiger partial charge in [-0.3, -0.25) is 0 Å². The minimum Gasteiger partial charge on any atom is -0.398 e. The van der Waals surface area contributed by atoms with Gasteiger partial charge in [0.2, 0.25) is 0 Å². The van der Waals surface area contributed by atoms with Crippen molar-refractivity contribution in [3.8, 4) is 6.07 Å². The molecule has 0 aromatic heterocycles. The van der Waals surface area contributed by atoms with Gasteiger partial charge in [0.05, 0.1) is 17.2 Å². The molecule has 15 heavy (non-hydrogen) atoms. The summed E-state index contributed by atoms with van der Waals surface area (Å²) in [6.07, 6.45) is -4.18. The van der Waals surface area contributed by atoms with Crippen LogP contribution in [0.5, 0.6) is 0 Å². The third-order valence-electron chi connectivity index (χ3n) is 2.12. The fourth-order valence-electron chi connectivity index (χ4n) is 1.37. The summed E-state index contributed by atoms with van der Waals surface area (Å²) in [5.74, 6) is 0. The molecule has 80 valence electrons. The molecule has 1 rings (SSSR count). The molecular weight excluding hydrogens is 205 g/mol. The number of hydrogen-bond donors (Lipinski definition) is 1. The van der Waals surface area contributed by atoms with E-state index in [0.717, 1.165) is 6.07 Å². The van der Waals surface area contributed by atoms with Crippen molar-refractivity contribution in [2.75, 3.05) is 5.73 Å². The zero-order valence-corrected chi connectivity index (χ0v) is 8.02. The summed E-state index contributed by atoms with van der Waals surface area (Å²) in [5.41, 5.74) is 3.99. The maximum absolute atomic E-state index is 12.6. The molecule has 0 amide bonds. The monoisotopic (exact) mass is 214 g/mol. The van der Waals surface area contributed by atoms with E-state index in [2.05, 4.69) is 0 Å². The van der Waals surface area contributed by atoms with Crippen LogP contribution in [0, 0.1) is 11.3 Å². The van der Waals surface area contributed by atoms with Crippen LogP contribution in [-0.4, -0.2) is 0 Å². The van der Waals surface area contributed by atoms with Gasteiger partial charge in [-0.2, -0.15) is 18.4 Å². The fourth-order valence-corrected chi connectivity index (χ4v) is 1.37. The maximum Gasteiger partial charge on any atom is 0.419 e. The molecule has 0 aliphatic rings. The Hall–Kier alpha value is -1.70. The highest BCUT2D eigenvalue weighted by Crippen LogP contribution is 2.37. The van der Waals surface area contributed by atoms with Crippen molar-refractivity contribution in [2.24, 2.45) is 0 Å². The molecule has 0 atom stereocenters. The van der Waals surface area contributed by atoms with E-state index in [1.54, 1.807) is 6.92 Å². The van der Waals surface area contributed by atoms with Crippen LogP contribution >= 0.6 is 0 Å². The SMILES string of the molecule is CCc1ccc(C#N)c(C(F)(F)F)c1N. The van der Waals surface area contributed by atoms with E-state index < -0.39 is 17.3 Å². The Bertz CT molecular complexity index is 416. The highest BCUT2D eigenvalue weighted by Gasteiger charge is 2.36. The predicted molar refractivity (Wildman–Crippen MR) is 49.9 cm³/mol. The lowest BCUT2D eigenvalue weighted by atomic mass is 10.00. The smallest absolute Gasteiger partial charge is 0.398 e. The van der Waals surface area contributed by atoms with Crippen LogP contribution in [0.15, 0.2) is 12.1 Å². The summed E-state index contributed by atoms with van der Waals surface area (Å²) in [6.45, 7) is 1.71. The summed E-state index contributed by atoms with van der Waals surface area (Å²) in [7, 11) is 0. The topological polar surface area (TPSA) is 49.8 Å². The number of halogens is 3. The maximum atomic E-state index is 12.6. The average molecular weight is 214 g/mol. The number of anilines is 1. The first-order chi connectivity index (χ1) is 6.91. The van der Waals surface area contributed by atoms with Gasteiger partial charge in [0.1, 0.15) is 0 Å². The minimum absolute atomic E-state index is 0.343. The molecule has 0 saturated heterocycles. The van der Waals surface area contributed by atoms with Crippen molar-refractivity contribution < 1.29 is 13.2 Å². The second-order valence-electron chi connectivity index (χ2n) is 3.02. The Morgan fingerprint density at radius 2 is 2.00 bits per heavy atom. The van der Waals surface area contributed by atoms with Gasteiger partial charge in [-0.15, -0.1) is 0 Å². The van der Waals surface area contributed by atoms with Gasteiger partial charge in [0.25, 0.3) is 0 Å². The second kappa shape index (κ2) is 3.81. The van der Waals surface area contributed by atoms with Gasteiger partial charge in [-0.25, -0.2) is 0 Å². The number of nitrogens with two attached hydrogens (primary N) is 1. The van der Waals surface area contributed by atoms with Gasteiger partial charge in [0.15, 0.2) is 0 Å². The van der Waals surface area contributed by atoms with Crippen LogP contribution in [0.3, 0.4) is 0 Å². The van der Waals surface area contributed by atoms with Gasteiger partial charge >= 0.3 is 6.18 Å². The number of alkyl halides is 3. The predicted octanol–water partition coefficient (Wildman–Crippen LogP) is 2.72. The quantitative estimate of drug-likeness (QED) is 0.730. The zero-order valence-electron chi connectivity index (χ0n) is 8.02. The average Bonchev–Trinajstić information content (AvgIpc) is 2.15. The molecule has 0 heterocycles. The molecule has 0 aliphatic carbocycles. The molecule has 0 aliphatic heterocycles. The molecule has 0 bridgehead atoms. The van der Waals surface area contributed by atoms with E-state index in [1.165, 1.54) is 12.1 Å². The molecule has 0 spiro atoms. The van der Waals surface area contributed by atoms with Crippen LogP contribution in [0.1, 0.15) is 23.6 Å². The Morgan fingerprint density at radius 3 is 2.40 bits per heavy atom. The summed E-state index contributed by atoms with van der Waals surface area (Å²) in [4.78, 5) is 0. The summed E-state index contributed by atoms with van der Waals surface area (Å²) < 4.78 is 37.7. The number of benzene rings is 1. The third-order valence-corrected chi connectivity index (χ3v) is 2.12. The molecular formula is C10H9F3N2. The molecule has 2 nitrogen and oxygen atoms in total. The number of nitriles is 1. The highest BCUT2D eigenvalue weighted by molar-refractivity contribution is 5.61. The van der Waals surface area contributed by atoms with E-state index in [9.17, 15) is 13.2 Å². The highest BCUT2D eigenvalue weighted by atomic mass is 19.4. The van der Waals surface area contributed by atoms with E-state index in [0.29, 0.717) is 12.0 Å². The minimum atomic E-state index is -4.58. The number of rotatable bonds is 1. The number of aryl methyl sites for hydroxylation is 1. The molecule has 0 unspecified atom stereocenters. The van der Waals surface area contributed by atoms with Crippen molar-refractivity contribution in [1.29, 1.82) is 5.26 Å². The van der Waals surface area contributed by atoms with Crippen LogP contribution in [0.2, 0.25) is 0 Å². The van der Waals surface area contributed by atoms with Gasteiger partial charge in [-0.05, 0) is 18.1 Å². The second-order valence-corrected chi connectivity index (χ2v) is 3.02. The van der Waals surface area contributed by atoms with Crippen molar-refractivity contribution in [2.45, 2.75) is 19.5 Å². The first-order valence-corrected chi connectivity index (χ1v) is 4.30. The Kier molecular flexibility index (Phi) is 2.89. The number of nitrogen functional groups attached to an aromatic ring is 1. The Balaban J connectivity index is 3.52. The standard InChI is InChI=1S/C10H9F3N2/c1-2-6-3-4-7(5-14)8(9(6)15)10(11,12)13/h3-4H,2,15H2,1H3. The summed E-state index contributed by atoms with van der Waals surface area (Å²) >= 11 is 0. The first-order valence-electron chi connectivity index (χ1n) is 4.30. The molecule has 0 radical (unpaired) electrons. The first kappa shape index (κ1) is 11.4. The van der Waals surface area contributed by atoms with Crippen molar-refractivity contribution in [3.63, 3.8) is 0 Å². The third kappa shape index (κ3) is 2.04. The number of nitrogens with zero attached hydrogens (tertiary/aromatic N) is 1. The Morgan fingerprint density at radius 1 is 1.40 bits per heavy atom. The molecule has 0 saturated carbocycles. The van der Waals surface area contributed by atoms with Crippen LogP contribution < -0.4 is 5.73 Å². The Labute approximate surface area is 85.1 Å². The lowest BCUT2D eigenvalue weighted by Crippen LogP contribution is -2.13. The summed E-state index contributed by atoms with van der Waals surface area (Å²) in [5, 5.41) is 8.56. The molecule has 0 fully saturated rings. The lowest BCUT2D eigenvalue weighted by molar-refractivity contribution is -0.137. The largest absolute Gasteiger partial charge is 0.419 e. The van der Waals surface area contributed by atoms with Crippen molar-refractivity contribution >= 4 is 5.69 Å². The van der Waals surface area contributed by atoms with Crippen molar-refractivity contribution in [1.82, 2.24) is 0 Å². The fraction of sp³-hybridized carbons (Fsp3) is 0.300. The van der Waals surface area contributed by atoms with E-state index in [-0.39, 0.29) is 5.69 Å². The van der Waals surface area contributed by atoms with Gasteiger partial charge < -0.3 is 5.73 Å². The molecule has 1 aromatic rings. The van der Waals surface area contributed by atoms with Crippen LogP contribution in [-0.2, 0) is 12.6 Å². The zero-order chi connectivity index (χ0) is 11.6. The summed E-state index contributed by atoms with van der Waals surface area (Å²) in [6, 6.07) is 4.09. The van der Waals surface area contributed by atoms with Crippen LogP contribution in [0.4, 0.5) is 18.9 Å². The number of hydrogen-bond acceptors (Lipinski definition) is 2. The lowest BCUT2D eigenvalue weighted by Gasteiger charge is -2.14. The molecule has 2 N–H and O–H groups in total. The van der Waals surface area contributed by atoms with E-state index >= 15 is 0 Å². The van der Waals surface area contributed by atoms with Gasteiger partial charge in [0, 0.05) is 5.69 Å². The van der Waals surface area contributed by atoms with Crippen LogP contribution in [0.25, 0.3) is 0 Å². The van der Waals surface area contributed by atoms with Gasteiger partial charge in [-0.1, -0.05) is 13.0 Å². The molecule has 5 heteroatoms. The normalized spacial score (nSPS) is 11.1. The van der Waals surface area contributed by atoms with Crippen molar-refractivity contribution in [3.05, 3.63) is 28.8 Å². The van der Waals surface area contributed by atoms with E-state index in [4.69, 9.17) is 11.0 Å².